The van der Waals surface area contributed by atoms with Crippen molar-refractivity contribution < 1.29 is 0 Å². The third-order valence-corrected chi connectivity index (χ3v) is 3.31. The van der Waals surface area contributed by atoms with Crippen molar-refractivity contribution in [1.29, 1.82) is 0 Å². The van der Waals surface area contributed by atoms with E-state index < -0.39 is 0 Å². The van der Waals surface area contributed by atoms with Crippen LogP contribution in [0.3, 0.4) is 0 Å². The van der Waals surface area contributed by atoms with E-state index >= 15 is 0 Å². The van der Waals surface area contributed by atoms with Gasteiger partial charge in [-0.15, -0.1) is 11.8 Å². The lowest BCUT2D eigenvalue weighted by atomic mass is 10.4. The van der Waals surface area contributed by atoms with Gasteiger partial charge in [0.1, 0.15) is 5.03 Å². The molecule has 0 bridgehead atoms. The molecule has 0 saturated heterocycles. The summed E-state index contributed by atoms with van der Waals surface area (Å²) in [6, 6.07) is 0.380. The van der Waals surface area contributed by atoms with Crippen LogP contribution in [0.25, 0.3) is 0 Å². The largest absolute Gasteiger partial charge is 0.395 e. The van der Waals surface area contributed by atoms with Crippen LogP contribution in [0, 0.1) is 6.92 Å². The fourth-order valence-corrected chi connectivity index (χ4v) is 2.32. The van der Waals surface area contributed by atoms with Crippen LogP contribution in [0.1, 0.15) is 38.9 Å². The third-order valence-electron chi connectivity index (χ3n) is 2.02. The smallest absolute Gasteiger partial charge is 0.118 e. The van der Waals surface area contributed by atoms with E-state index in [1.807, 2.05) is 11.6 Å². The molecule has 0 atom stereocenters. The van der Waals surface area contributed by atoms with Gasteiger partial charge in [-0.1, -0.05) is 6.92 Å². The van der Waals surface area contributed by atoms with Crippen molar-refractivity contribution in [2.75, 3.05) is 11.5 Å². The number of hydrogen-bond acceptors (Lipinski definition) is 3. The number of rotatable bonds is 4. The monoisotopic (exact) mass is 213 g/mol. The number of thioether (sulfide) groups is 1. The van der Waals surface area contributed by atoms with Crippen LogP contribution in [0.4, 0.5) is 5.69 Å². The van der Waals surface area contributed by atoms with E-state index in [9.17, 15) is 0 Å². The molecule has 1 aromatic heterocycles. The standard InChI is InChI=1S/C10H19N3S/c1-5-6-14-10-9(11)8(4)12-13(10)7(2)3/h7H,5-6,11H2,1-4H3. The van der Waals surface area contributed by atoms with Crippen molar-refractivity contribution >= 4 is 17.4 Å². The Balaban J connectivity index is 2.97. The highest BCUT2D eigenvalue weighted by Gasteiger charge is 2.14. The first-order chi connectivity index (χ1) is 6.57. The second kappa shape index (κ2) is 4.73. The second-order valence-corrected chi connectivity index (χ2v) is 4.77. The molecule has 0 aliphatic heterocycles. The van der Waals surface area contributed by atoms with E-state index in [2.05, 4.69) is 25.9 Å². The Labute approximate surface area is 90.1 Å². The number of aromatic nitrogens is 2. The van der Waals surface area contributed by atoms with Crippen LogP contribution in [-0.4, -0.2) is 15.5 Å². The number of nitrogen functional groups attached to an aromatic ring is 1. The van der Waals surface area contributed by atoms with E-state index in [1.165, 1.54) is 0 Å². The van der Waals surface area contributed by atoms with Crippen LogP contribution in [0.2, 0.25) is 0 Å². The Morgan fingerprint density at radius 3 is 2.64 bits per heavy atom. The average molecular weight is 213 g/mol. The first kappa shape index (κ1) is 11.4. The molecule has 0 amide bonds. The van der Waals surface area contributed by atoms with E-state index in [0.29, 0.717) is 6.04 Å². The minimum Gasteiger partial charge on any atom is -0.395 e. The van der Waals surface area contributed by atoms with Crippen LogP contribution >= 0.6 is 11.8 Å². The number of aryl methyl sites for hydroxylation is 1. The SMILES string of the molecule is CCCSc1c(N)c(C)nn1C(C)C. The van der Waals surface area contributed by atoms with Gasteiger partial charge in [-0.2, -0.15) is 5.10 Å². The molecule has 1 rings (SSSR count). The molecule has 80 valence electrons. The van der Waals surface area contributed by atoms with Gasteiger partial charge in [0.25, 0.3) is 0 Å². The molecular weight excluding hydrogens is 194 g/mol. The molecule has 0 unspecified atom stereocenters. The van der Waals surface area contributed by atoms with E-state index in [-0.39, 0.29) is 0 Å². The van der Waals surface area contributed by atoms with Crippen molar-refractivity contribution in [3.05, 3.63) is 5.69 Å². The van der Waals surface area contributed by atoms with Gasteiger partial charge in [-0.05, 0) is 32.9 Å². The van der Waals surface area contributed by atoms with E-state index in [0.717, 1.165) is 28.6 Å². The van der Waals surface area contributed by atoms with E-state index in [1.54, 1.807) is 11.8 Å². The first-order valence-corrected chi connectivity index (χ1v) is 6.03. The van der Waals surface area contributed by atoms with Crippen molar-refractivity contribution in [2.24, 2.45) is 0 Å². The molecule has 0 spiro atoms. The molecule has 1 heterocycles. The molecule has 1 aromatic rings. The summed E-state index contributed by atoms with van der Waals surface area (Å²) < 4.78 is 2.02. The summed E-state index contributed by atoms with van der Waals surface area (Å²) in [5, 5.41) is 5.56. The van der Waals surface area contributed by atoms with Crippen molar-refractivity contribution in [3.8, 4) is 0 Å². The topological polar surface area (TPSA) is 43.8 Å². The van der Waals surface area contributed by atoms with Crippen LogP contribution in [-0.2, 0) is 0 Å². The highest BCUT2D eigenvalue weighted by atomic mass is 32.2. The molecule has 0 aromatic carbocycles. The van der Waals surface area contributed by atoms with Crippen molar-refractivity contribution in [3.63, 3.8) is 0 Å². The van der Waals surface area contributed by atoms with Gasteiger partial charge in [-0.25, -0.2) is 0 Å². The highest BCUT2D eigenvalue weighted by molar-refractivity contribution is 7.99. The number of anilines is 1. The molecule has 0 aliphatic carbocycles. The summed E-state index contributed by atoms with van der Waals surface area (Å²) in [7, 11) is 0. The maximum Gasteiger partial charge on any atom is 0.118 e. The van der Waals surface area contributed by atoms with Crippen LogP contribution in [0.5, 0.6) is 0 Å². The summed E-state index contributed by atoms with van der Waals surface area (Å²) in [6.45, 7) is 8.39. The molecule has 2 N–H and O–H groups in total. The summed E-state index contributed by atoms with van der Waals surface area (Å²) in [6.07, 6.45) is 1.16. The lowest BCUT2D eigenvalue weighted by Crippen LogP contribution is -2.05. The van der Waals surface area contributed by atoms with Crippen molar-refractivity contribution in [1.82, 2.24) is 9.78 Å². The molecular formula is C10H19N3S. The first-order valence-electron chi connectivity index (χ1n) is 5.05. The van der Waals surface area contributed by atoms with E-state index in [4.69, 9.17) is 5.73 Å². The zero-order chi connectivity index (χ0) is 10.7. The van der Waals surface area contributed by atoms with Gasteiger partial charge in [0.2, 0.25) is 0 Å². The minimum atomic E-state index is 0.380. The van der Waals surface area contributed by atoms with Crippen LogP contribution < -0.4 is 5.73 Å². The normalized spacial score (nSPS) is 11.2. The summed E-state index contributed by atoms with van der Waals surface area (Å²) in [5.74, 6) is 1.10. The Kier molecular flexibility index (Phi) is 3.86. The second-order valence-electron chi connectivity index (χ2n) is 3.69. The fourth-order valence-electron chi connectivity index (χ4n) is 1.23. The fraction of sp³-hybridized carbons (Fsp3) is 0.700. The van der Waals surface area contributed by atoms with Gasteiger partial charge in [0.15, 0.2) is 0 Å². The molecule has 0 fully saturated rings. The van der Waals surface area contributed by atoms with Gasteiger partial charge in [0.05, 0.1) is 11.4 Å². The molecule has 4 heteroatoms. The quantitative estimate of drug-likeness (QED) is 0.782. The lowest BCUT2D eigenvalue weighted by Gasteiger charge is -2.10. The van der Waals surface area contributed by atoms with Gasteiger partial charge >= 0.3 is 0 Å². The highest BCUT2D eigenvalue weighted by Crippen LogP contribution is 2.30. The minimum absolute atomic E-state index is 0.380. The van der Waals surface area contributed by atoms with Gasteiger partial charge in [0, 0.05) is 6.04 Å². The van der Waals surface area contributed by atoms with Crippen molar-refractivity contribution in [2.45, 2.75) is 45.2 Å². The molecule has 0 radical (unpaired) electrons. The van der Waals surface area contributed by atoms with Crippen LogP contribution in [0.15, 0.2) is 5.03 Å². The molecule has 3 nitrogen and oxygen atoms in total. The number of nitrogens with two attached hydrogens (primary N) is 1. The number of hydrogen-bond donors (Lipinski definition) is 1. The zero-order valence-corrected chi connectivity index (χ0v) is 10.2. The molecule has 0 aliphatic rings. The Morgan fingerprint density at radius 1 is 1.50 bits per heavy atom. The zero-order valence-electron chi connectivity index (χ0n) is 9.37. The molecule has 0 saturated carbocycles. The predicted octanol–water partition coefficient (Wildman–Crippen LogP) is 2.86. The summed E-state index contributed by atoms with van der Waals surface area (Å²) >= 11 is 1.80. The summed E-state index contributed by atoms with van der Waals surface area (Å²) in [5.41, 5.74) is 7.76. The predicted molar refractivity (Wildman–Crippen MR) is 62.8 cm³/mol. The van der Waals surface area contributed by atoms with Gasteiger partial charge < -0.3 is 5.73 Å². The maximum absolute atomic E-state index is 5.98. The Morgan fingerprint density at radius 2 is 2.14 bits per heavy atom. The maximum atomic E-state index is 5.98. The third kappa shape index (κ3) is 2.23. The number of nitrogens with zero attached hydrogens (tertiary/aromatic N) is 2. The molecule has 14 heavy (non-hydrogen) atoms. The van der Waals surface area contributed by atoms with Gasteiger partial charge in [-0.3, -0.25) is 4.68 Å². The average Bonchev–Trinajstić information content (AvgIpc) is 2.41. The Hall–Kier alpha value is -0.640. The lowest BCUT2D eigenvalue weighted by molar-refractivity contribution is 0.491. The Bertz CT molecular complexity index is 305. The summed E-state index contributed by atoms with van der Waals surface area (Å²) in [4.78, 5) is 0.